The SMILES string of the molecule is CO[C@H](CNC(=O)c1ccc(Cl)s1)c1ccccc1C. The van der Waals surface area contributed by atoms with E-state index in [4.69, 9.17) is 16.3 Å². The van der Waals surface area contributed by atoms with Crippen molar-refractivity contribution in [3.63, 3.8) is 0 Å². The Hall–Kier alpha value is -1.36. The molecular formula is C15H16ClNO2S. The highest BCUT2D eigenvalue weighted by Crippen LogP contribution is 2.22. The molecule has 3 nitrogen and oxygen atoms in total. The van der Waals surface area contributed by atoms with Gasteiger partial charge in [0.1, 0.15) is 0 Å². The minimum atomic E-state index is -0.157. The van der Waals surface area contributed by atoms with Gasteiger partial charge in [-0.3, -0.25) is 4.79 Å². The number of carbonyl (C=O) groups is 1. The highest BCUT2D eigenvalue weighted by molar-refractivity contribution is 7.17. The third-order valence-electron chi connectivity index (χ3n) is 3.06. The molecule has 0 spiro atoms. The van der Waals surface area contributed by atoms with Gasteiger partial charge in [-0.15, -0.1) is 11.3 Å². The Morgan fingerprint density at radius 1 is 1.35 bits per heavy atom. The lowest BCUT2D eigenvalue weighted by molar-refractivity contribution is 0.0829. The molecule has 0 bridgehead atoms. The predicted molar refractivity (Wildman–Crippen MR) is 82.6 cm³/mol. The normalized spacial score (nSPS) is 12.2. The number of halogens is 1. The van der Waals surface area contributed by atoms with Crippen molar-refractivity contribution in [2.45, 2.75) is 13.0 Å². The van der Waals surface area contributed by atoms with E-state index in [0.717, 1.165) is 11.1 Å². The molecule has 0 unspecified atom stereocenters. The van der Waals surface area contributed by atoms with Crippen LogP contribution in [0, 0.1) is 6.92 Å². The van der Waals surface area contributed by atoms with Crippen LogP contribution >= 0.6 is 22.9 Å². The van der Waals surface area contributed by atoms with E-state index in [1.807, 2.05) is 31.2 Å². The summed E-state index contributed by atoms with van der Waals surface area (Å²) in [5.74, 6) is -0.127. The second-order valence-electron chi connectivity index (χ2n) is 4.39. The second-order valence-corrected chi connectivity index (χ2v) is 6.11. The molecule has 1 aromatic heterocycles. The van der Waals surface area contributed by atoms with E-state index < -0.39 is 0 Å². The molecule has 0 radical (unpaired) electrons. The summed E-state index contributed by atoms with van der Waals surface area (Å²) in [6, 6.07) is 11.4. The van der Waals surface area contributed by atoms with Gasteiger partial charge in [-0.2, -0.15) is 0 Å². The molecular weight excluding hydrogens is 294 g/mol. The maximum Gasteiger partial charge on any atom is 0.261 e. The number of carbonyl (C=O) groups excluding carboxylic acids is 1. The van der Waals surface area contributed by atoms with Gasteiger partial charge in [0, 0.05) is 13.7 Å². The van der Waals surface area contributed by atoms with Gasteiger partial charge in [0.25, 0.3) is 5.91 Å². The standard InChI is InChI=1S/C15H16ClNO2S/c1-10-5-3-4-6-11(10)12(19-2)9-17-15(18)13-7-8-14(16)20-13/h3-8,12H,9H2,1-2H3,(H,17,18)/t12-/m1/s1. The first kappa shape index (κ1) is 15.0. The molecule has 1 atom stereocenters. The number of methoxy groups -OCH3 is 1. The third-order valence-corrected chi connectivity index (χ3v) is 4.29. The molecule has 0 saturated heterocycles. The van der Waals surface area contributed by atoms with E-state index >= 15 is 0 Å². The lowest BCUT2D eigenvalue weighted by Gasteiger charge is -2.18. The second kappa shape index (κ2) is 6.88. The quantitative estimate of drug-likeness (QED) is 0.911. The van der Waals surface area contributed by atoms with Crippen molar-refractivity contribution < 1.29 is 9.53 Å². The highest BCUT2D eigenvalue weighted by Gasteiger charge is 2.15. The summed E-state index contributed by atoms with van der Waals surface area (Å²) in [7, 11) is 1.64. The van der Waals surface area contributed by atoms with Crippen LogP contribution in [0.2, 0.25) is 4.34 Å². The van der Waals surface area contributed by atoms with Crippen molar-refractivity contribution in [2.24, 2.45) is 0 Å². The molecule has 2 rings (SSSR count). The van der Waals surface area contributed by atoms with Crippen LogP contribution in [0.25, 0.3) is 0 Å². The Balaban J connectivity index is 2.01. The van der Waals surface area contributed by atoms with Crippen LogP contribution in [0.3, 0.4) is 0 Å². The van der Waals surface area contributed by atoms with Gasteiger partial charge in [-0.1, -0.05) is 35.9 Å². The third kappa shape index (κ3) is 3.60. The first-order valence-corrected chi connectivity index (χ1v) is 7.43. The van der Waals surface area contributed by atoms with E-state index in [0.29, 0.717) is 15.8 Å². The maximum absolute atomic E-state index is 12.0. The molecule has 1 aromatic carbocycles. The minimum absolute atomic E-state index is 0.127. The van der Waals surface area contributed by atoms with Crippen molar-refractivity contribution in [3.8, 4) is 0 Å². The Kier molecular flexibility index (Phi) is 5.17. The number of amides is 1. The fourth-order valence-electron chi connectivity index (χ4n) is 1.98. The fourth-order valence-corrected chi connectivity index (χ4v) is 2.94. The van der Waals surface area contributed by atoms with Crippen molar-refractivity contribution in [3.05, 3.63) is 56.7 Å². The van der Waals surface area contributed by atoms with Gasteiger partial charge in [0.15, 0.2) is 0 Å². The minimum Gasteiger partial charge on any atom is -0.375 e. The first-order valence-electron chi connectivity index (χ1n) is 6.23. The number of nitrogens with one attached hydrogen (secondary N) is 1. The topological polar surface area (TPSA) is 38.3 Å². The monoisotopic (exact) mass is 309 g/mol. The number of hydrogen-bond donors (Lipinski definition) is 1. The summed E-state index contributed by atoms with van der Waals surface area (Å²) in [5.41, 5.74) is 2.23. The number of aryl methyl sites for hydroxylation is 1. The smallest absolute Gasteiger partial charge is 0.261 e. The van der Waals surface area contributed by atoms with E-state index in [1.165, 1.54) is 11.3 Å². The highest BCUT2D eigenvalue weighted by atomic mass is 35.5. The van der Waals surface area contributed by atoms with Gasteiger partial charge < -0.3 is 10.1 Å². The summed E-state index contributed by atoms with van der Waals surface area (Å²) < 4.78 is 6.08. The van der Waals surface area contributed by atoms with Gasteiger partial charge >= 0.3 is 0 Å². The summed E-state index contributed by atoms with van der Waals surface area (Å²) >= 11 is 7.09. The Morgan fingerprint density at radius 3 is 2.70 bits per heavy atom. The zero-order valence-electron chi connectivity index (χ0n) is 11.4. The van der Waals surface area contributed by atoms with Gasteiger partial charge in [0.2, 0.25) is 0 Å². The number of rotatable bonds is 5. The summed E-state index contributed by atoms with van der Waals surface area (Å²) in [6.45, 7) is 2.46. The lowest BCUT2D eigenvalue weighted by atomic mass is 10.0. The van der Waals surface area contributed by atoms with Gasteiger partial charge in [-0.05, 0) is 30.2 Å². The number of benzene rings is 1. The number of ether oxygens (including phenoxy) is 1. The van der Waals surface area contributed by atoms with Crippen LogP contribution in [0.1, 0.15) is 26.9 Å². The summed E-state index contributed by atoms with van der Waals surface area (Å²) in [4.78, 5) is 12.6. The van der Waals surface area contributed by atoms with Gasteiger partial charge in [-0.25, -0.2) is 0 Å². The maximum atomic E-state index is 12.0. The average molecular weight is 310 g/mol. The molecule has 1 N–H and O–H groups in total. The van der Waals surface area contributed by atoms with E-state index in [-0.39, 0.29) is 12.0 Å². The molecule has 5 heteroatoms. The van der Waals surface area contributed by atoms with Crippen molar-refractivity contribution >= 4 is 28.8 Å². The molecule has 0 aliphatic carbocycles. The average Bonchev–Trinajstić information content (AvgIpc) is 2.88. The van der Waals surface area contributed by atoms with Crippen molar-refractivity contribution in [1.29, 1.82) is 0 Å². The lowest BCUT2D eigenvalue weighted by Crippen LogP contribution is -2.28. The van der Waals surface area contributed by atoms with Crippen LogP contribution in [0.5, 0.6) is 0 Å². The zero-order chi connectivity index (χ0) is 14.5. The fraction of sp³-hybridized carbons (Fsp3) is 0.267. The Morgan fingerprint density at radius 2 is 2.10 bits per heavy atom. The molecule has 106 valence electrons. The molecule has 2 aromatic rings. The van der Waals surface area contributed by atoms with Crippen molar-refractivity contribution in [2.75, 3.05) is 13.7 Å². The van der Waals surface area contributed by atoms with E-state index in [2.05, 4.69) is 5.32 Å². The van der Waals surface area contributed by atoms with Crippen LogP contribution < -0.4 is 5.32 Å². The molecule has 0 fully saturated rings. The Labute approximate surface area is 127 Å². The zero-order valence-corrected chi connectivity index (χ0v) is 12.9. The van der Waals surface area contributed by atoms with Crippen LogP contribution in [-0.4, -0.2) is 19.6 Å². The van der Waals surface area contributed by atoms with Crippen LogP contribution in [0.15, 0.2) is 36.4 Å². The first-order chi connectivity index (χ1) is 9.61. The van der Waals surface area contributed by atoms with E-state index in [9.17, 15) is 4.79 Å². The Bertz CT molecular complexity index is 597. The molecule has 0 aliphatic rings. The molecule has 1 heterocycles. The number of thiophene rings is 1. The van der Waals surface area contributed by atoms with Crippen molar-refractivity contribution in [1.82, 2.24) is 5.32 Å². The summed E-state index contributed by atoms with van der Waals surface area (Å²) in [6.07, 6.45) is -0.157. The van der Waals surface area contributed by atoms with Crippen LogP contribution in [-0.2, 0) is 4.74 Å². The van der Waals surface area contributed by atoms with Gasteiger partial charge in [0.05, 0.1) is 15.3 Å². The van der Waals surface area contributed by atoms with E-state index in [1.54, 1.807) is 19.2 Å². The van der Waals surface area contributed by atoms with Crippen LogP contribution in [0.4, 0.5) is 0 Å². The number of hydrogen-bond acceptors (Lipinski definition) is 3. The summed E-state index contributed by atoms with van der Waals surface area (Å²) in [5, 5.41) is 2.88. The largest absolute Gasteiger partial charge is 0.375 e. The molecule has 0 aliphatic heterocycles. The molecule has 0 saturated carbocycles. The molecule has 20 heavy (non-hydrogen) atoms. The predicted octanol–water partition coefficient (Wildman–Crippen LogP) is 3.83. The molecule has 1 amide bonds.